The van der Waals surface area contributed by atoms with E-state index in [1.165, 1.54) is 0 Å². The second kappa shape index (κ2) is 13.6. The van der Waals surface area contributed by atoms with Gasteiger partial charge in [0.1, 0.15) is 30.5 Å². The molecule has 2 bridgehead atoms. The Balaban J connectivity index is 1.35. The van der Waals surface area contributed by atoms with Crippen LogP contribution in [0.25, 0.3) is 0 Å². The first-order valence-electron chi connectivity index (χ1n) is 15.1. The Labute approximate surface area is 257 Å². The Morgan fingerprint density at radius 1 is 0.682 bits per heavy atom. The number of hydrogen-bond donors (Lipinski definition) is 0. The molecule has 2 aliphatic heterocycles. The molecule has 0 amide bonds. The summed E-state index contributed by atoms with van der Waals surface area (Å²) >= 11 is 0. The number of cyclic esters (lactones) is 1. The maximum absolute atomic E-state index is 13.4. The summed E-state index contributed by atoms with van der Waals surface area (Å²) in [7, 11) is 0. The van der Waals surface area contributed by atoms with Crippen molar-refractivity contribution in [2.75, 3.05) is 0 Å². The number of benzene rings is 3. The molecule has 2 saturated heterocycles. The smallest absolute Gasteiger partial charge is 0.347 e. The number of hydrogen-bond acceptors (Lipinski definition) is 9. The molecule has 232 valence electrons. The number of carbonyl (C=O) groups excluding carboxylic acids is 2. The summed E-state index contributed by atoms with van der Waals surface area (Å²) < 4.78 is 44.1. The van der Waals surface area contributed by atoms with Crippen LogP contribution in [0.3, 0.4) is 0 Å². The summed E-state index contributed by atoms with van der Waals surface area (Å²) in [6.07, 6.45) is -5.06. The van der Waals surface area contributed by atoms with Crippen molar-refractivity contribution < 1.29 is 42.7 Å². The molecule has 0 N–H and O–H groups in total. The zero-order valence-corrected chi connectivity index (χ0v) is 24.9. The molecule has 1 aliphatic carbocycles. The third-order valence-corrected chi connectivity index (χ3v) is 8.04. The predicted molar refractivity (Wildman–Crippen MR) is 158 cm³/mol. The van der Waals surface area contributed by atoms with Crippen LogP contribution in [0, 0.1) is 0 Å². The van der Waals surface area contributed by atoms with Crippen LogP contribution >= 0.6 is 0 Å². The van der Waals surface area contributed by atoms with Crippen molar-refractivity contribution in [3.63, 3.8) is 0 Å². The number of fused-ring (bicyclic) bond motifs is 2. The Morgan fingerprint density at radius 2 is 1.11 bits per heavy atom. The number of carbonyl (C=O) groups is 2. The van der Waals surface area contributed by atoms with Crippen LogP contribution in [0.1, 0.15) is 43.4 Å². The molecule has 1 saturated carbocycles. The summed E-state index contributed by atoms with van der Waals surface area (Å²) in [5, 5.41) is 0. The molecule has 6 rings (SSSR count). The van der Waals surface area contributed by atoms with Crippen molar-refractivity contribution in [1.82, 2.24) is 0 Å². The van der Waals surface area contributed by atoms with E-state index in [-0.39, 0.29) is 26.1 Å². The number of rotatable bonds is 11. The quantitative estimate of drug-likeness (QED) is 0.284. The fourth-order valence-electron chi connectivity index (χ4n) is 5.98. The lowest BCUT2D eigenvalue weighted by molar-refractivity contribution is -0.400. The van der Waals surface area contributed by atoms with E-state index in [0.717, 1.165) is 16.7 Å². The van der Waals surface area contributed by atoms with Gasteiger partial charge in [-0.25, -0.2) is 4.79 Å². The van der Waals surface area contributed by atoms with E-state index in [4.69, 9.17) is 33.2 Å². The second-order valence-electron chi connectivity index (χ2n) is 11.8. The number of ether oxygens (including phenoxy) is 7. The third-order valence-electron chi connectivity index (χ3n) is 8.04. The summed E-state index contributed by atoms with van der Waals surface area (Å²) in [6.45, 7) is 4.46. The fraction of sp³-hybridized carbons (Fsp3) is 0.429. The third kappa shape index (κ3) is 7.20. The van der Waals surface area contributed by atoms with Crippen molar-refractivity contribution in [3.05, 3.63) is 108 Å². The van der Waals surface area contributed by atoms with E-state index in [1.807, 2.05) is 105 Å². The Kier molecular flexibility index (Phi) is 9.39. The molecular formula is C35H38O9. The molecule has 3 aromatic rings. The van der Waals surface area contributed by atoms with Crippen molar-refractivity contribution in [2.24, 2.45) is 0 Å². The topological polar surface area (TPSA) is 98.8 Å². The van der Waals surface area contributed by atoms with Gasteiger partial charge in [0.15, 0.2) is 18.0 Å². The van der Waals surface area contributed by atoms with E-state index >= 15 is 0 Å². The van der Waals surface area contributed by atoms with E-state index in [2.05, 4.69) is 0 Å². The molecule has 0 aromatic heterocycles. The largest absolute Gasteiger partial charge is 0.454 e. The lowest BCUT2D eigenvalue weighted by atomic mass is 9.82. The van der Waals surface area contributed by atoms with Gasteiger partial charge in [0.25, 0.3) is 0 Å². The van der Waals surface area contributed by atoms with Gasteiger partial charge < -0.3 is 33.2 Å². The maximum Gasteiger partial charge on any atom is 0.347 e. The molecule has 9 nitrogen and oxygen atoms in total. The summed E-state index contributed by atoms with van der Waals surface area (Å²) in [6, 6.07) is 29.3. The second-order valence-corrected chi connectivity index (χ2v) is 11.8. The molecule has 3 fully saturated rings. The highest BCUT2D eigenvalue weighted by Crippen LogP contribution is 2.42. The minimum atomic E-state index is -0.999. The van der Waals surface area contributed by atoms with Crippen LogP contribution in [0.5, 0.6) is 0 Å². The molecule has 9 heteroatoms. The first-order valence-corrected chi connectivity index (χ1v) is 15.1. The molecular weight excluding hydrogens is 564 g/mol. The highest BCUT2D eigenvalue weighted by atomic mass is 16.8. The summed E-state index contributed by atoms with van der Waals surface area (Å²) in [4.78, 5) is 25.2. The first-order chi connectivity index (χ1) is 21.4. The molecule has 7 atom stereocenters. The average molecular weight is 603 g/mol. The minimum absolute atomic E-state index is 0.160. The normalized spacial score (nSPS) is 29.1. The molecule has 0 radical (unpaired) electrons. The lowest BCUT2D eigenvalue weighted by Crippen LogP contribution is -2.73. The van der Waals surface area contributed by atoms with Crippen LogP contribution in [0.2, 0.25) is 0 Å². The van der Waals surface area contributed by atoms with Crippen molar-refractivity contribution in [3.8, 4) is 0 Å². The lowest BCUT2D eigenvalue weighted by Gasteiger charge is -2.55. The molecule has 3 aromatic carbocycles. The van der Waals surface area contributed by atoms with Gasteiger partial charge in [-0.1, -0.05) is 91.0 Å². The molecule has 44 heavy (non-hydrogen) atoms. The Morgan fingerprint density at radius 3 is 1.52 bits per heavy atom. The van der Waals surface area contributed by atoms with Crippen molar-refractivity contribution in [2.45, 2.75) is 95.0 Å². The predicted octanol–water partition coefficient (Wildman–Crippen LogP) is 4.89. The Bertz CT molecular complexity index is 1320. The van der Waals surface area contributed by atoms with E-state index in [0.29, 0.717) is 6.61 Å². The van der Waals surface area contributed by atoms with Gasteiger partial charge in [0, 0.05) is 12.8 Å². The van der Waals surface area contributed by atoms with Gasteiger partial charge >= 0.3 is 11.9 Å². The van der Waals surface area contributed by atoms with Gasteiger partial charge in [-0.3, -0.25) is 4.79 Å². The van der Waals surface area contributed by atoms with Crippen LogP contribution in [0.4, 0.5) is 0 Å². The molecule has 2 heterocycles. The molecule has 0 spiro atoms. The fourth-order valence-corrected chi connectivity index (χ4v) is 5.98. The van der Waals surface area contributed by atoms with E-state index in [9.17, 15) is 9.59 Å². The SMILES string of the molecule is CC1(C)O[C@@H]2C(OCc3ccccc3)[C@H](O1)[C@@H](OCc1ccccc1)C(OC(=O)[C@H]1CCC(=O)O1)[C@@H]2OCc1ccccc1. The highest BCUT2D eigenvalue weighted by molar-refractivity contribution is 5.82. The van der Waals surface area contributed by atoms with Crippen LogP contribution in [-0.2, 0) is 62.6 Å². The monoisotopic (exact) mass is 602 g/mol. The molecule has 2 unspecified atom stereocenters. The van der Waals surface area contributed by atoms with Crippen LogP contribution in [0.15, 0.2) is 91.0 Å². The van der Waals surface area contributed by atoms with Gasteiger partial charge in [-0.2, -0.15) is 0 Å². The van der Waals surface area contributed by atoms with Crippen LogP contribution in [-0.4, -0.2) is 60.5 Å². The summed E-state index contributed by atoms with van der Waals surface area (Å²) in [5.41, 5.74) is 2.88. The zero-order valence-electron chi connectivity index (χ0n) is 24.9. The average Bonchev–Trinajstić information content (AvgIpc) is 3.47. The highest BCUT2D eigenvalue weighted by Gasteiger charge is 2.61. The van der Waals surface area contributed by atoms with Crippen molar-refractivity contribution in [1.29, 1.82) is 0 Å². The standard InChI is InChI=1S/C35H38O9/c1-35(2)43-32-28(38-20-23-12-6-3-7-13-23)31(42-34(37)26-18-19-27(36)41-26)29(39-21-24-14-8-4-9-15-24)33(44-35)30(32)40-22-25-16-10-5-11-17-25/h3-17,26,28-33H,18-22H2,1-2H3/t26-,28+,29+,30?,31?,32-,33+/m1/s1. The maximum atomic E-state index is 13.4. The van der Waals surface area contributed by atoms with Gasteiger partial charge in [0.2, 0.25) is 0 Å². The van der Waals surface area contributed by atoms with Crippen LogP contribution < -0.4 is 0 Å². The van der Waals surface area contributed by atoms with Gasteiger partial charge in [-0.15, -0.1) is 0 Å². The van der Waals surface area contributed by atoms with E-state index < -0.39 is 60.5 Å². The molecule has 3 aliphatic rings. The van der Waals surface area contributed by atoms with Gasteiger partial charge in [-0.05, 0) is 30.5 Å². The number of esters is 2. The Hall–Kier alpha value is -3.60. The first kappa shape index (κ1) is 30.4. The summed E-state index contributed by atoms with van der Waals surface area (Å²) in [5.74, 6) is -2.08. The van der Waals surface area contributed by atoms with Crippen molar-refractivity contribution >= 4 is 11.9 Å². The minimum Gasteiger partial charge on any atom is -0.454 e. The van der Waals surface area contributed by atoms with Gasteiger partial charge in [0.05, 0.1) is 19.8 Å². The zero-order chi connectivity index (χ0) is 30.5. The van der Waals surface area contributed by atoms with E-state index in [1.54, 1.807) is 0 Å².